The zero-order valence-corrected chi connectivity index (χ0v) is 11.7. The Kier molecular flexibility index (Phi) is 4.60. The van der Waals surface area contributed by atoms with Crippen molar-refractivity contribution in [1.82, 2.24) is 9.88 Å². The summed E-state index contributed by atoms with van der Waals surface area (Å²) in [5.74, 6) is 0. The molecule has 2 nitrogen and oxygen atoms in total. The van der Waals surface area contributed by atoms with Gasteiger partial charge < -0.3 is 0 Å². The number of hydrogen-bond acceptors (Lipinski definition) is 2. The van der Waals surface area contributed by atoms with Gasteiger partial charge in [0.1, 0.15) is 10.3 Å². The Bertz CT molecular complexity index is 364. The summed E-state index contributed by atoms with van der Waals surface area (Å²) in [5, 5.41) is 0.928. The number of pyridine rings is 1. The minimum Gasteiger partial charge on any atom is -0.297 e. The van der Waals surface area contributed by atoms with E-state index in [-0.39, 0.29) is 5.54 Å². The molecule has 0 amide bonds. The Morgan fingerprint density at radius 3 is 2.44 bits per heavy atom. The lowest BCUT2D eigenvalue weighted by atomic mass is 9.99. The van der Waals surface area contributed by atoms with Crippen LogP contribution in [-0.4, -0.2) is 22.5 Å². The number of hydrogen-bond donors (Lipinski definition) is 0. The van der Waals surface area contributed by atoms with Crippen LogP contribution >= 0.6 is 23.2 Å². The van der Waals surface area contributed by atoms with E-state index in [1.165, 1.54) is 0 Å². The van der Waals surface area contributed by atoms with Crippen molar-refractivity contribution in [3.8, 4) is 0 Å². The van der Waals surface area contributed by atoms with Crippen molar-refractivity contribution in [3.63, 3.8) is 0 Å². The second-order valence-corrected chi connectivity index (χ2v) is 5.35. The SMILES string of the molecule is CCC(C)(C)N(C)Cc1ccc(Cl)nc1Cl. The smallest absolute Gasteiger partial charge is 0.135 e. The van der Waals surface area contributed by atoms with Gasteiger partial charge in [-0.15, -0.1) is 0 Å². The fourth-order valence-electron chi connectivity index (χ4n) is 1.30. The van der Waals surface area contributed by atoms with E-state index in [1.807, 2.05) is 6.07 Å². The number of rotatable bonds is 4. The molecule has 0 aliphatic rings. The highest BCUT2D eigenvalue weighted by molar-refractivity contribution is 6.32. The average Bonchev–Trinajstić information content (AvgIpc) is 2.22. The Morgan fingerprint density at radius 2 is 1.94 bits per heavy atom. The lowest BCUT2D eigenvalue weighted by molar-refractivity contribution is 0.143. The first-order chi connectivity index (χ1) is 7.36. The molecular formula is C12H18Cl2N2. The number of nitrogens with zero attached hydrogens (tertiary/aromatic N) is 2. The molecule has 0 radical (unpaired) electrons. The molecule has 1 aromatic heterocycles. The minimum absolute atomic E-state index is 0.156. The fourth-order valence-corrected chi connectivity index (χ4v) is 1.70. The molecule has 16 heavy (non-hydrogen) atoms. The molecule has 90 valence electrons. The van der Waals surface area contributed by atoms with Gasteiger partial charge in [-0.05, 0) is 33.4 Å². The molecule has 1 aromatic rings. The van der Waals surface area contributed by atoms with E-state index in [0.717, 1.165) is 18.5 Å². The summed E-state index contributed by atoms with van der Waals surface area (Å²) >= 11 is 11.8. The van der Waals surface area contributed by atoms with E-state index >= 15 is 0 Å². The predicted octanol–water partition coefficient (Wildman–Crippen LogP) is 4.01. The van der Waals surface area contributed by atoms with Crippen LogP contribution in [0.5, 0.6) is 0 Å². The zero-order chi connectivity index (χ0) is 12.3. The molecule has 0 fully saturated rings. The molecule has 0 atom stereocenters. The molecule has 0 aliphatic carbocycles. The van der Waals surface area contributed by atoms with E-state index in [0.29, 0.717) is 10.3 Å². The first kappa shape index (κ1) is 13.8. The van der Waals surface area contributed by atoms with Crippen molar-refractivity contribution in [2.45, 2.75) is 39.3 Å². The normalized spacial score (nSPS) is 12.2. The molecule has 0 saturated carbocycles. The second-order valence-electron chi connectivity index (χ2n) is 4.61. The van der Waals surface area contributed by atoms with Gasteiger partial charge in [0.25, 0.3) is 0 Å². The van der Waals surface area contributed by atoms with Gasteiger partial charge >= 0.3 is 0 Å². The third kappa shape index (κ3) is 3.34. The van der Waals surface area contributed by atoms with Gasteiger partial charge in [-0.2, -0.15) is 0 Å². The molecule has 1 rings (SSSR count). The minimum atomic E-state index is 0.156. The van der Waals surface area contributed by atoms with Gasteiger partial charge in [0.15, 0.2) is 0 Å². The van der Waals surface area contributed by atoms with Crippen molar-refractivity contribution in [2.75, 3.05) is 7.05 Å². The highest BCUT2D eigenvalue weighted by atomic mass is 35.5. The molecule has 0 aliphatic heterocycles. The first-order valence-electron chi connectivity index (χ1n) is 5.39. The van der Waals surface area contributed by atoms with Crippen molar-refractivity contribution in [2.24, 2.45) is 0 Å². The molecule has 0 spiro atoms. The zero-order valence-electron chi connectivity index (χ0n) is 10.2. The Hall–Kier alpha value is -0.310. The van der Waals surface area contributed by atoms with E-state index in [9.17, 15) is 0 Å². The Morgan fingerprint density at radius 1 is 1.31 bits per heavy atom. The number of halogens is 2. The summed E-state index contributed by atoms with van der Waals surface area (Å²) < 4.78 is 0. The third-order valence-electron chi connectivity index (χ3n) is 3.20. The molecule has 0 unspecified atom stereocenters. The van der Waals surface area contributed by atoms with Crippen LogP contribution < -0.4 is 0 Å². The highest BCUT2D eigenvalue weighted by Gasteiger charge is 2.21. The molecule has 0 bridgehead atoms. The molecule has 4 heteroatoms. The van der Waals surface area contributed by atoms with Crippen LogP contribution in [-0.2, 0) is 6.54 Å². The van der Waals surface area contributed by atoms with Gasteiger partial charge in [0, 0.05) is 17.6 Å². The monoisotopic (exact) mass is 260 g/mol. The summed E-state index contributed by atoms with van der Waals surface area (Å²) in [7, 11) is 2.09. The fraction of sp³-hybridized carbons (Fsp3) is 0.583. The standard InChI is InChI=1S/C12H18Cl2N2/c1-5-12(2,3)16(4)8-9-6-7-10(13)15-11(9)14/h6-7H,5,8H2,1-4H3. The average molecular weight is 261 g/mol. The Labute approximate surface area is 108 Å². The quantitative estimate of drug-likeness (QED) is 0.761. The summed E-state index contributed by atoms with van der Waals surface area (Å²) in [4.78, 5) is 6.31. The van der Waals surface area contributed by atoms with Crippen LogP contribution in [0.25, 0.3) is 0 Å². The van der Waals surface area contributed by atoms with Crippen molar-refractivity contribution >= 4 is 23.2 Å². The molecule has 0 N–H and O–H groups in total. The van der Waals surface area contributed by atoms with Crippen LogP contribution in [0.2, 0.25) is 10.3 Å². The molecule has 1 heterocycles. The lowest BCUT2D eigenvalue weighted by Gasteiger charge is -2.34. The molecule has 0 saturated heterocycles. The second kappa shape index (κ2) is 5.35. The van der Waals surface area contributed by atoms with Crippen LogP contribution in [0.15, 0.2) is 12.1 Å². The van der Waals surface area contributed by atoms with E-state index < -0.39 is 0 Å². The van der Waals surface area contributed by atoms with Crippen molar-refractivity contribution in [3.05, 3.63) is 28.0 Å². The van der Waals surface area contributed by atoms with E-state index in [4.69, 9.17) is 23.2 Å². The van der Waals surface area contributed by atoms with Gasteiger partial charge in [0.05, 0.1) is 0 Å². The van der Waals surface area contributed by atoms with Crippen LogP contribution in [0, 0.1) is 0 Å². The maximum atomic E-state index is 6.04. The summed E-state index contributed by atoms with van der Waals surface area (Å²) in [6.07, 6.45) is 1.09. The summed E-state index contributed by atoms with van der Waals surface area (Å²) in [6.45, 7) is 7.39. The first-order valence-corrected chi connectivity index (χ1v) is 6.14. The van der Waals surface area contributed by atoms with Gasteiger partial charge in [-0.1, -0.05) is 36.2 Å². The van der Waals surface area contributed by atoms with Gasteiger partial charge in [0.2, 0.25) is 0 Å². The number of aromatic nitrogens is 1. The lowest BCUT2D eigenvalue weighted by Crippen LogP contribution is -2.39. The predicted molar refractivity (Wildman–Crippen MR) is 70.1 cm³/mol. The summed E-state index contributed by atoms with van der Waals surface area (Å²) in [5.41, 5.74) is 1.17. The summed E-state index contributed by atoms with van der Waals surface area (Å²) in [6, 6.07) is 3.70. The maximum Gasteiger partial charge on any atom is 0.135 e. The van der Waals surface area contributed by atoms with Gasteiger partial charge in [-0.3, -0.25) is 4.90 Å². The topological polar surface area (TPSA) is 16.1 Å². The van der Waals surface area contributed by atoms with Crippen LogP contribution in [0.3, 0.4) is 0 Å². The third-order valence-corrected chi connectivity index (χ3v) is 3.74. The maximum absolute atomic E-state index is 6.04. The highest BCUT2D eigenvalue weighted by Crippen LogP contribution is 2.23. The van der Waals surface area contributed by atoms with Gasteiger partial charge in [-0.25, -0.2) is 4.98 Å². The largest absolute Gasteiger partial charge is 0.297 e. The van der Waals surface area contributed by atoms with Crippen molar-refractivity contribution < 1.29 is 0 Å². The Balaban J connectivity index is 2.81. The van der Waals surface area contributed by atoms with Crippen LogP contribution in [0.4, 0.5) is 0 Å². The van der Waals surface area contributed by atoms with Crippen LogP contribution in [0.1, 0.15) is 32.8 Å². The molecule has 0 aromatic carbocycles. The van der Waals surface area contributed by atoms with E-state index in [2.05, 4.69) is 37.7 Å². The van der Waals surface area contributed by atoms with E-state index in [1.54, 1.807) is 6.07 Å². The van der Waals surface area contributed by atoms with Crippen molar-refractivity contribution in [1.29, 1.82) is 0 Å². The molecular weight excluding hydrogens is 243 g/mol.